The molecule has 17 heavy (non-hydrogen) atoms. The third-order valence-corrected chi connectivity index (χ3v) is 2.56. The number of hydrogen-bond acceptors (Lipinski definition) is 2. The van der Waals surface area contributed by atoms with Gasteiger partial charge in [-0.15, -0.1) is 0 Å². The quantitative estimate of drug-likeness (QED) is 0.821. The van der Waals surface area contributed by atoms with Gasteiger partial charge in [0, 0.05) is 12.6 Å². The molecule has 0 aliphatic carbocycles. The highest BCUT2D eigenvalue weighted by Gasteiger charge is 2.08. The number of likely N-dealkylation sites (N-methyl/N-ethyl adjacent to an activating group) is 1. The summed E-state index contributed by atoms with van der Waals surface area (Å²) in [6.45, 7) is 3.64. The van der Waals surface area contributed by atoms with Gasteiger partial charge in [-0.1, -0.05) is 12.1 Å². The lowest BCUT2D eigenvalue weighted by atomic mass is 10.1. The van der Waals surface area contributed by atoms with Gasteiger partial charge < -0.3 is 10.2 Å². The Labute approximate surface area is 102 Å². The van der Waals surface area contributed by atoms with E-state index < -0.39 is 11.6 Å². The number of halogens is 2. The van der Waals surface area contributed by atoms with Gasteiger partial charge in [-0.25, -0.2) is 8.78 Å². The molecule has 0 amide bonds. The predicted octanol–water partition coefficient (Wildman–Crippen LogP) is 2.05. The van der Waals surface area contributed by atoms with Crippen LogP contribution < -0.4 is 5.32 Å². The molecule has 1 unspecified atom stereocenters. The molecule has 96 valence electrons. The van der Waals surface area contributed by atoms with Crippen LogP contribution in [-0.4, -0.2) is 38.1 Å². The molecule has 2 nitrogen and oxygen atoms in total. The smallest absolute Gasteiger partial charge is 0.162 e. The maximum absolute atomic E-state index is 13.3. The second-order valence-corrected chi connectivity index (χ2v) is 4.58. The Hall–Kier alpha value is -1.00. The first kappa shape index (κ1) is 14.1. The summed E-state index contributed by atoms with van der Waals surface area (Å²) in [5.74, 6) is -1.50. The summed E-state index contributed by atoms with van der Waals surface area (Å²) in [5, 5.41) is 3.28. The summed E-state index contributed by atoms with van der Waals surface area (Å²) in [4.78, 5) is 2.08. The molecule has 0 bridgehead atoms. The van der Waals surface area contributed by atoms with Crippen LogP contribution in [0.2, 0.25) is 0 Å². The highest BCUT2D eigenvalue weighted by molar-refractivity contribution is 5.19. The average Bonchev–Trinajstić information content (AvgIpc) is 2.23. The van der Waals surface area contributed by atoms with Crippen molar-refractivity contribution in [1.82, 2.24) is 10.2 Å². The molecule has 1 aromatic carbocycles. The SMILES string of the molecule is CC(CN(C)C)NCCc1cccc(F)c1F. The van der Waals surface area contributed by atoms with Crippen molar-refractivity contribution in [3.63, 3.8) is 0 Å². The summed E-state index contributed by atoms with van der Waals surface area (Å²) in [5.41, 5.74) is 0.426. The van der Waals surface area contributed by atoms with Crippen LogP contribution in [0, 0.1) is 11.6 Å². The normalized spacial score (nSPS) is 13.1. The molecule has 0 aliphatic heterocycles. The van der Waals surface area contributed by atoms with Crippen molar-refractivity contribution in [1.29, 1.82) is 0 Å². The van der Waals surface area contributed by atoms with Crippen LogP contribution in [0.3, 0.4) is 0 Å². The molecule has 0 radical (unpaired) electrons. The average molecular weight is 242 g/mol. The summed E-state index contributed by atoms with van der Waals surface area (Å²) in [6.07, 6.45) is 0.501. The summed E-state index contributed by atoms with van der Waals surface area (Å²) < 4.78 is 26.3. The number of hydrogen-bond donors (Lipinski definition) is 1. The van der Waals surface area contributed by atoms with E-state index in [0.717, 1.165) is 12.6 Å². The Balaban J connectivity index is 2.38. The zero-order valence-corrected chi connectivity index (χ0v) is 10.6. The Bertz CT molecular complexity index is 353. The van der Waals surface area contributed by atoms with Gasteiger partial charge in [0.25, 0.3) is 0 Å². The molecule has 0 saturated heterocycles. The molecule has 0 aliphatic rings. The zero-order chi connectivity index (χ0) is 12.8. The van der Waals surface area contributed by atoms with E-state index in [-0.39, 0.29) is 0 Å². The Morgan fingerprint density at radius 1 is 1.29 bits per heavy atom. The van der Waals surface area contributed by atoms with E-state index in [1.165, 1.54) is 6.07 Å². The molecule has 4 heteroatoms. The van der Waals surface area contributed by atoms with E-state index >= 15 is 0 Å². The molecule has 0 spiro atoms. The van der Waals surface area contributed by atoms with Gasteiger partial charge in [0.2, 0.25) is 0 Å². The van der Waals surface area contributed by atoms with Crippen molar-refractivity contribution >= 4 is 0 Å². The second-order valence-electron chi connectivity index (χ2n) is 4.58. The fraction of sp³-hybridized carbons (Fsp3) is 0.538. The topological polar surface area (TPSA) is 15.3 Å². The number of nitrogens with zero attached hydrogens (tertiary/aromatic N) is 1. The second kappa shape index (κ2) is 6.67. The molecular weight excluding hydrogens is 222 g/mol. The molecule has 0 fully saturated rings. The fourth-order valence-corrected chi connectivity index (χ4v) is 1.81. The van der Waals surface area contributed by atoms with Gasteiger partial charge in [0.15, 0.2) is 11.6 Å². The lowest BCUT2D eigenvalue weighted by Crippen LogP contribution is -2.36. The predicted molar refractivity (Wildman–Crippen MR) is 66.1 cm³/mol. The van der Waals surface area contributed by atoms with Crippen molar-refractivity contribution < 1.29 is 8.78 Å². The van der Waals surface area contributed by atoms with Crippen LogP contribution >= 0.6 is 0 Å². The minimum absolute atomic E-state index is 0.335. The highest BCUT2D eigenvalue weighted by Crippen LogP contribution is 2.11. The van der Waals surface area contributed by atoms with Gasteiger partial charge in [0.05, 0.1) is 0 Å². The van der Waals surface area contributed by atoms with Crippen LogP contribution in [0.5, 0.6) is 0 Å². The molecule has 0 aromatic heterocycles. The number of rotatable bonds is 6. The van der Waals surface area contributed by atoms with Gasteiger partial charge in [-0.3, -0.25) is 0 Å². The fourth-order valence-electron chi connectivity index (χ4n) is 1.81. The van der Waals surface area contributed by atoms with Crippen LogP contribution in [0.25, 0.3) is 0 Å². The van der Waals surface area contributed by atoms with E-state index in [1.54, 1.807) is 6.07 Å². The monoisotopic (exact) mass is 242 g/mol. The Morgan fingerprint density at radius 3 is 2.65 bits per heavy atom. The minimum atomic E-state index is -0.774. The maximum atomic E-state index is 13.3. The first-order chi connectivity index (χ1) is 8.00. The summed E-state index contributed by atoms with van der Waals surface area (Å²) in [6, 6.07) is 4.64. The van der Waals surface area contributed by atoms with Gasteiger partial charge >= 0.3 is 0 Å². The van der Waals surface area contributed by atoms with Gasteiger partial charge in [-0.05, 0) is 45.6 Å². The standard InChI is InChI=1S/C13H20F2N2/c1-10(9-17(2)3)16-8-7-11-5-4-6-12(14)13(11)15/h4-6,10,16H,7-9H2,1-3H3. The van der Waals surface area contributed by atoms with E-state index in [0.29, 0.717) is 24.6 Å². The zero-order valence-electron chi connectivity index (χ0n) is 10.6. The minimum Gasteiger partial charge on any atom is -0.313 e. The van der Waals surface area contributed by atoms with E-state index in [1.807, 2.05) is 14.1 Å². The Kier molecular flexibility index (Phi) is 5.51. The summed E-state index contributed by atoms with van der Waals surface area (Å²) in [7, 11) is 4.01. The van der Waals surface area contributed by atoms with E-state index in [4.69, 9.17) is 0 Å². The van der Waals surface area contributed by atoms with Crippen LogP contribution in [0.15, 0.2) is 18.2 Å². The Morgan fingerprint density at radius 2 is 2.00 bits per heavy atom. The lowest BCUT2D eigenvalue weighted by Gasteiger charge is -2.18. The number of benzene rings is 1. The van der Waals surface area contributed by atoms with Crippen molar-refractivity contribution in [3.8, 4) is 0 Å². The largest absolute Gasteiger partial charge is 0.313 e. The molecule has 1 atom stereocenters. The van der Waals surface area contributed by atoms with Gasteiger partial charge in [0.1, 0.15) is 0 Å². The van der Waals surface area contributed by atoms with Crippen LogP contribution in [-0.2, 0) is 6.42 Å². The molecule has 1 N–H and O–H groups in total. The first-order valence-corrected chi connectivity index (χ1v) is 5.81. The highest BCUT2D eigenvalue weighted by atomic mass is 19.2. The summed E-state index contributed by atoms with van der Waals surface area (Å²) >= 11 is 0. The van der Waals surface area contributed by atoms with Crippen LogP contribution in [0.1, 0.15) is 12.5 Å². The number of nitrogens with one attached hydrogen (secondary N) is 1. The molecule has 1 aromatic rings. The van der Waals surface area contributed by atoms with Crippen molar-refractivity contribution in [3.05, 3.63) is 35.4 Å². The first-order valence-electron chi connectivity index (χ1n) is 5.81. The van der Waals surface area contributed by atoms with Crippen molar-refractivity contribution in [2.45, 2.75) is 19.4 Å². The van der Waals surface area contributed by atoms with E-state index in [2.05, 4.69) is 17.1 Å². The third-order valence-electron chi connectivity index (χ3n) is 2.56. The van der Waals surface area contributed by atoms with Crippen molar-refractivity contribution in [2.24, 2.45) is 0 Å². The van der Waals surface area contributed by atoms with Gasteiger partial charge in [-0.2, -0.15) is 0 Å². The molecular formula is C13H20F2N2. The van der Waals surface area contributed by atoms with E-state index in [9.17, 15) is 8.78 Å². The third kappa shape index (κ3) is 4.79. The molecule has 0 heterocycles. The lowest BCUT2D eigenvalue weighted by molar-refractivity contribution is 0.350. The maximum Gasteiger partial charge on any atom is 0.162 e. The van der Waals surface area contributed by atoms with Crippen molar-refractivity contribution in [2.75, 3.05) is 27.2 Å². The van der Waals surface area contributed by atoms with Crippen LogP contribution in [0.4, 0.5) is 8.78 Å². The molecule has 1 rings (SSSR count). The molecule has 0 saturated carbocycles.